The zero-order valence-corrected chi connectivity index (χ0v) is 11.4. The number of halogens is 2. The van der Waals surface area contributed by atoms with Gasteiger partial charge >= 0.3 is 0 Å². The number of oxime groups is 1. The van der Waals surface area contributed by atoms with Crippen LogP contribution >= 0.6 is 0 Å². The van der Waals surface area contributed by atoms with Crippen molar-refractivity contribution < 1.29 is 18.8 Å². The summed E-state index contributed by atoms with van der Waals surface area (Å²) in [7, 11) is 0. The van der Waals surface area contributed by atoms with Crippen LogP contribution in [0.1, 0.15) is 31.2 Å². The Labute approximate surface area is 120 Å². The monoisotopic (exact) mass is 297 g/mol. The summed E-state index contributed by atoms with van der Waals surface area (Å²) >= 11 is 0. The summed E-state index contributed by atoms with van der Waals surface area (Å²) in [5.74, 6) is -3.29. The van der Waals surface area contributed by atoms with E-state index in [0.717, 1.165) is 0 Å². The highest BCUT2D eigenvalue weighted by Gasteiger charge is 2.37. The molecule has 0 atom stereocenters. The Morgan fingerprint density at radius 2 is 1.86 bits per heavy atom. The minimum Gasteiger partial charge on any atom is -0.409 e. The second kappa shape index (κ2) is 6.07. The molecule has 0 heterocycles. The third kappa shape index (κ3) is 3.90. The molecule has 0 saturated heterocycles. The lowest BCUT2D eigenvalue weighted by Gasteiger charge is -2.27. The first kappa shape index (κ1) is 15.2. The lowest BCUT2D eigenvalue weighted by atomic mass is 9.86. The smallest absolute Gasteiger partial charge is 0.248 e. The standard InChI is InChI=1S/C14H17F2N3O2/c15-14(16)7-5-10(6-8-14)13(20)18-11-3-1-9(2-4-11)12(17)19-21/h1-4,10,21H,5-8H2,(H2,17,19)(H,18,20). The summed E-state index contributed by atoms with van der Waals surface area (Å²) in [5, 5.41) is 14.1. The van der Waals surface area contributed by atoms with Crippen molar-refractivity contribution in [2.24, 2.45) is 16.8 Å². The van der Waals surface area contributed by atoms with Gasteiger partial charge in [-0.2, -0.15) is 0 Å². The van der Waals surface area contributed by atoms with Gasteiger partial charge in [-0.1, -0.05) is 5.16 Å². The van der Waals surface area contributed by atoms with Crippen molar-refractivity contribution in [1.82, 2.24) is 0 Å². The van der Waals surface area contributed by atoms with E-state index in [4.69, 9.17) is 10.9 Å². The van der Waals surface area contributed by atoms with Crippen LogP contribution in [0.3, 0.4) is 0 Å². The molecule has 0 radical (unpaired) electrons. The number of hydrogen-bond donors (Lipinski definition) is 3. The predicted molar refractivity (Wildman–Crippen MR) is 74.5 cm³/mol. The third-order valence-corrected chi connectivity index (χ3v) is 3.64. The summed E-state index contributed by atoms with van der Waals surface area (Å²) in [6.07, 6.45) is -0.0941. The molecule has 1 saturated carbocycles. The molecule has 0 unspecified atom stereocenters. The highest BCUT2D eigenvalue weighted by atomic mass is 19.3. The minimum absolute atomic E-state index is 0.0256. The summed E-state index contributed by atoms with van der Waals surface area (Å²) in [5.41, 5.74) is 6.50. The summed E-state index contributed by atoms with van der Waals surface area (Å²) in [6.45, 7) is 0. The van der Waals surface area contributed by atoms with Crippen LogP contribution in [0.2, 0.25) is 0 Å². The normalized spacial score (nSPS) is 19.2. The molecule has 21 heavy (non-hydrogen) atoms. The zero-order chi connectivity index (χ0) is 15.5. The fraction of sp³-hybridized carbons (Fsp3) is 0.429. The first-order valence-corrected chi connectivity index (χ1v) is 6.68. The zero-order valence-electron chi connectivity index (χ0n) is 11.4. The topological polar surface area (TPSA) is 87.7 Å². The molecule has 1 aliphatic carbocycles. The van der Waals surface area contributed by atoms with Gasteiger partial charge in [0.05, 0.1) is 0 Å². The van der Waals surface area contributed by atoms with Crippen LogP contribution in [0.25, 0.3) is 0 Å². The molecular formula is C14H17F2N3O2. The van der Waals surface area contributed by atoms with Gasteiger partial charge in [0, 0.05) is 30.0 Å². The van der Waals surface area contributed by atoms with Crippen LogP contribution in [0, 0.1) is 5.92 Å². The Bertz CT molecular complexity index is 534. The second-order valence-corrected chi connectivity index (χ2v) is 5.18. The maximum absolute atomic E-state index is 13.0. The van der Waals surface area contributed by atoms with Crippen LogP contribution in [-0.2, 0) is 4.79 Å². The van der Waals surface area contributed by atoms with Crippen LogP contribution in [0.4, 0.5) is 14.5 Å². The molecule has 1 amide bonds. The van der Waals surface area contributed by atoms with Crippen LogP contribution in [-0.4, -0.2) is 22.9 Å². The molecule has 7 heteroatoms. The van der Waals surface area contributed by atoms with Crippen molar-refractivity contribution >= 4 is 17.4 Å². The number of benzene rings is 1. The largest absolute Gasteiger partial charge is 0.409 e. The van der Waals surface area contributed by atoms with Gasteiger partial charge < -0.3 is 16.3 Å². The first-order valence-electron chi connectivity index (χ1n) is 6.68. The molecule has 114 valence electrons. The Hall–Kier alpha value is -2.18. The minimum atomic E-state index is -2.64. The van der Waals surface area contributed by atoms with Gasteiger partial charge in [-0.05, 0) is 37.1 Å². The number of nitrogens with zero attached hydrogens (tertiary/aromatic N) is 1. The molecule has 1 aliphatic rings. The van der Waals surface area contributed by atoms with E-state index in [1.807, 2.05) is 0 Å². The van der Waals surface area contributed by atoms with E-state index in [2.05, 4.69) is 10.5 Å². The highest BCUT2D eigenvalue weighted by molar-refractivity contribution is 5.98. The number of nitrogens with two attached hydrogens (primary N) is 1. The van der Waals surface area contributed by atoms with Crippen molar-refractivity contribution in [2.75, 3.05) is 5.32 Å². The van der Waals surface area contributed by atoms with E-state index < -0.39 is 5.92 Å². The number of rotatable bonds is 3. The highest BCUT2D eigenvalue weighted by Crippen LogP contribution is 2.36. The molecule has 2 rings (SSSR count). The first-order chi connectivity index (χ1) is 9.91. The van der Waals surface area contributed by atoms with Gasteiger partial charge in [-0.25, -0.2) is 8.78 Å². The van der Waals surface area contributed by atoms with Gasteiger partial charge in [0.25, 0.3) is 0 Å². The van der Waals surface area contributed by atoms with E-state index in [1.165, 1.54) is 0 Å². The van der Waals surface area contributed by atoms with Gasteiger partial charge in [-0.15, -0.1) is 0 Å². The third-order valence-electron chi connectivity index (χ3n) is 3.64. The Morgan fingerprint density at radius 3 is 2.38 bits per heavy atom. The number of carbonyl (C=O) groups excluding carboxylic acids is 1. The van der Waals surface area contributed by atoms with E-state index in [9.17, 15) is 13.6 Å². The number of alkyl halides is 2. The number of amides is 1. The molecule has 5 nitrogen and oxygen atoms in total. The van der Waals surface area contributed by atoms with Gasteiger partial charge in [0.2, 0.25) is 11.8 Å². The number of hydrogen-bond acceptors (Lipinski definition) is 3. The maximum Gasteiger partial charge on any atom is 0.248 e. The van der Waals surface area contributed by atoms with Crippen LogP contribution in [0.5, 0.6) is 0 Å². The molecule has 1 aromatic rings. The lowest BCUT2D eigenvalue weighted by Crippen LogP contribution is -2.31. The molecular weight excluding hydrogens is 280 g/mol. The number of amidine groups is 1. The van der Waals surface area contributed by atoms with E-state index >= 15 is 0 Å². The number of carbonyl (C=O) groups is 1. The quantitative estimate of drug-likeness (QED) is 0.347. The lowest BCUT2D eigenvalue weighted by molar-refractivity contribution is -0.124. The molecule has 1 aromatic carbocycles. The number of nitrogens with one attached hydrogen (secondary N) is 1. The van der Waals surface area contributed by atoms with E-state index in [0.29, 0.717) is 11.3 Å². The Morgan fingerprint density at radius 1 is 1.29 bits per heavy atom. The number of anilines is 1. The van der Waals surface area contributed by atoms with Crippen LogP contribution in [0.15, 0.2) is 29.4 Å². The van der Waals surface area contributed by atoms with Gasteiger partial charge in [0.1, 0.15) is 0 Å². The average Bonchev–Trinajstić information content (AvgIpc) is 2.47. The van der Waals surface area contributed by atoms with Crippen molar-refractivity contribution in [1.29, 1.82) is 0 Å². The Balaban J connectivity index is 1.94. The molecule has 0 aliphatic heterocycles. The predicted octanol–water partition coefficient (Wildman–Crippen LogP) is 2.55. The Kier molecular flexibility index (Phi) is 4.40. The second-order valence-electron chi connectivity index (χ2n) is 5.18. The average molecular weight is 297 g/mol. The SMILES string of the molecule is N/C(=N/O)c1ccc(NC(=O)C2CCC(F)(F)CC2)cc1. The van der Waals surface area contributed by atoms with Crippen LogP contribution < -0.4 is 11.1 Å². The molecule has 0 aromatic heterocycles. The van der Waals surface area contributed by atoms with Crippen molar-refractivity contribution in [2.45, 2.75) is 31.6 Å². The molecule has 0 bridgehead atoms. The maximum atomic E-state index is 13.0. The van der Waals surface area contributed by atoms with Crippen molar-refractivity contribution in [3.63, 3.8) is 0 Å². The van der Waals surface area contributed by atoms with Crippen molar-refractivity contribution in [3.05, 3.63) is 29.8 Å². The van der Waals surface area contributed by atoms with Crippen molar-refractivity contribution in [3.8, 4) is 0 Å². The fourth-order valence-corrected chi connectivity index (χ4v) is 2.33. The van der Waals surface area contributed by atoms with E-state index in [-0.39, 0.29) is 43.3 Å². The molecule has 1 fully saturated rings. The summed E-state index contributed by atoms with van der Waals surface area (Å²) < 4.78 is 26.1. The summed E-state index contributed by atoms with van der Waals surface area (Å²) in [4.78, 5) is 12.0. The van der Waals surface area contributed by atoms with E-state index in [1.54, 1.807) is 24.3 Å². The fourth-order valence-electron chi connectivity index (χ4n) is 2.33. The van der Waals surface area contributed by atoms with Gasteiger partial charge in [-0.3, -0.25) is 4.79 Å². The van der Waals surface area contributed by atoms with Gasteiger partial charge in [0.15, 0.2) is 5.84 Å². The summed E-state index contributed by atoms with van der Waals surface area (Å²) in [6, 6.07) is 6.42. The molecule has 0 spiro atoms. The molecule has 4 N–H and O–H groups in total.